The lowest BCUT2D eigenvalue weighted by molar-refractivity contribution is -0.126. The number of pyridine rings is 1. The van der Waals surface area contributed by atoms with E-state index in [-0.39, 0.29) is 17.6 Å². The first-order valence-corrected chi connectivity index (χ1v) is 10.8. The number of nitrogens with zero attached hydrogens (tertiary/aromatic N) is 2. The third-order valence-corrected chi connectivity index (χ3v) is 6.75. The van der Waals surface area contributed by atoms with E-state index in [1.165, 1.54) is 4.31 Å². The Bertz CT molecular complexity index is 865. The van der Waals surface area contributed by atoms with Crippen LogP contribution in [0.3, 0.4) is 0 Å². The molecule has 27 heavy (non-hydrogen) atoms. The molecule has 0 bridgehead atoms. The van der Waals surface area contributed by atoms with Gasteiger partial charge in [0.25, 0.3) is 0 Å². The van der Waals surface area contributed by atoms with Gasteiger partial charge in [-0.05, 0) is 42.7 Å². The van der Waals surface area contributed by atoms with Gasteiger partial charge in [-0.2, -0.15) is 0 Å². The zero-order valence-corrected chi connectivity index (χ0v) is 16.4. The minimum atomic E-state index is -3.41. The number of halogens is 1. The number of benzene rings is 1. The van der Waals surface area contributed by atoms with Gasteiger partial charge >= 0.3 is 0 Å². The first-order valence-electron chi connectivity index (χ1n) is 8.84. The molecule has 144 valence electrons. The Kier molecular flexibility index (Phi) is 6.46. The van der Waals surface area contributed by atoms with Crippen molar-refractivity contribution >= 4 is 27.5 Å². The van der Waals surface area contributed by atoms with E-state index in [9.17, 15) is 13.2 Å². The maximum atomic E-state index is 12.6. The van der Waals surface area contributed by atoms with E-state index in [2.05, 4.69) is 10.3 Å². The van der Waals surface area contributed by atoms with Crippen molar-refractivity contribution in [3.8, 4) is 0 Å². The highest BCUT2D eigenvalue weighted by Crippen LogP contribution is 2.22. The van der Waals surface area contributed by atoms with Crippen molar-refractivity contribution in [2.75, 3.05) is 13.1 Å². The summed E-state index contributed by atoms with van der Waals surface area (Å²) in [5.74, 6) is -0.271. The zero-order chi connectivity index (χ0) is 19.3. The number of carbonyl (C=O) groups is 1. The number of aromatic nitrogens is 1. The maximum absolute atomic E-state index is 12.6. The molecule has 0 spiro atoms. The van der Waals surface area contributed by atoms with Crippen molar-refractivity contribution in [2.24, 2.45) is 5.92 Å². The van der Waals surface area contributed by atoms with Crippen LogP contribution in [0, 0.1) is 5.92 Å². The Morgan fingerprint density at radius 3 is 2.48 bits per heavy atom. The highest BCUT2D eigenvalue weighted by molar-refractivity contribution is 7.88. The van der Waals surface area contributed by atoms with E-state index in [0.29, 0.717) is 43.1 Å². The molecular formula is C19H22ClN3O3S. The predicted octanol–water partition coefficient (Wildman–Crippen LogP) is 2.59. The molecule has 0 aliphatic carbocycles. The van der Waals surface area contributed by atoms with Crippen molar-refractivity contribution in [3.63, 3.8) is 0 Å². The highest BCUT2D eigenvalue weighted by Gasteiger charge is 2.31. The third kappa shape index (κ3) is 5.51. The van der Waals surface area contributed by atoms with Crippen LogP contribution in [-0.2, 0) is 27.1 Å². The van der Waals surface area contributed by atoms with Crippen LogP contribution in [0.5, 0.6) is 0 Å². The van der Waals surface area contributed by atoms with Crippen molar-refractivity contribution in [2.45, 2.75) is 25.1 Å². The summed E-state index contributed by atoms with van der Waals surface area (Å²) in [6, 6.07) is 12.4. The Labute approximate surface area is 164 Å². The molecule has 8 heteroatoms. The molecule has 1 aromatic heterocycles. The number of nitrogens with one attached hydrogen (secondary N) is 1. The minimum absolute atomic E-state index is 0.0459. The number of piperidine rings is 1. The van der Waals surface area contributed by atoms with Gasteiger partial charge in [0.15, 0.2) is 0 Å². The lowest BCUT2D eigenvalue weighted by atomic mass is 9.97. The molecule has 1 fully saturated rings. The summed E-state index contributed by atoms with van der Waals surface area (Å²) in [5, 5.41) is 3.46. The summed E-state index contributed by atoms with van der Waals surface area (Å²) in [5.41, 5.74) is 1.50. The number of amides is 1. The number of hydrogen-bond donors (Lipinski definition) is 1. The van der Waals surface area contributed by atoms with E-state index in [0.717, 1.165) is 5.69 Å². The second kappa shape index (κ2) is 8.82. The topological polar surface area (TPSA) is 79.4 Å². The van der Waals surface area contributed by atoms with Gasteiger partial charge in [-0.1, -0.05) is 29.8 Å². The second-order valence-electron chi connectivity index (χ2n) is 6.59. The number of sulfonamides is 1. The summed E-state index contributed by atoms with van der Waals surface area (Å²) < 4.78 is 26.7. The zero-order valence-electron chi connectivity index (χ0n) is 14.8. The maximum Gasteiger partial charge on any atom is 0.223 e. The normalized spacial score (nSPS) is 16.2. The first kappa shape index (κ1) is 19.8. The summed E-state index contributed by atoms with van der Waals surface area (Å²) in [4.78, 5) is 16.5. The monoisotopic (exact) mass is 407 g/mol. The van der Waals surface area contributed by atoms with Gasteiger partial charge in [-0.25, -0.2) is 12.7 Å². The predicted molar refractivity (Wildman–Crippen MR) is 104 cm³/mol. The molecule has 2 aromatic rings. The van der Waals surface area contributed by atoms with Crippen LogP contribution >= 0.6 is 11.6 Å². The van der Waals surface area contributed by atoms with Crippen LogP contribution in [-0.4, -0.2) is 36.7 Å². The Hall–Kier alpha value is -1.96. The van der Waals surface area contributed by atoms with Gasteiger partial charge < -0.3 is 5.32 Å². The van der Waals surface area contributed by atoms with Crippen LogP contribution in [0.25, 0.3) is 0 Å². The van der Waals surface area contributed by atoms with Gasteiger partial charge in [0.1, 0.15) is 0 Å². The second-order valence-corrected chi connectivity index (χ2v) is 9.00. The van der Waals surface area contributed by atoms with Crippen molar-refractivity contribution in [1.29, 1.82) is 0 Å². The molecule has 3 rings (SSSR count). The van der Waals surface area contributed by atoms with Crippen LogP contribution in [0.2, 0.25) is 5.02 Å². The fourth-order valence-corrected chi connectivity index (χ4v) is 4.79. The van der Waals surface area contributed by atoms with Gasteiger partial charge in [0, 0.05) is 30.2 Å². The fourth-order valence-electron chi connectivity index (χ4n) is 3.10. The number of rotatable bonds is 6. The number of carbonyl (C=O) groups excluding carboxylic acids is 1. The van der Waals surface area contributed by atoms with Crippen LogP contribution in [0.4, 0.5) is 0 Å². The van der Waals surface area contributed by atoms with Gasteiger partial charge in [-0.3, -0.25) is 9.78 Å². The molecule has 2 heterocycles. The van der Waals surface area contributed by atoms with Gasteiger partial charge in [0.2, 0.25) is 15.9 Å². The van der Waals surface area contributed by atoms with E-state index >= 15 is 0 Å². The highest BCUT2D eigenvalue weighted by atomic mass is 35.5. The molecule has 1 saturated heterocycles. The van der Waals surface area contributed by atoms with Gasteiger partial charge in [0.05, 0.1) is 18.0 Å². The third-order valence-electron chi connectivity index (χ3n) is 4.65. The summed E-state index contributed by atoms with van der Waals surface area (Å²) in [7, 11) is -3.41. The molecule has 0 atom stereocenters. The average molecular weight is 408 g/mol. The molecule has 0 saturated carbocycles. The van der Waals surface area contributed by atoms with E-state index in [1.807, 2.05) is 18.2 Å². The molecule has 0 radical (unpaired) electrons. The lowest BCUT2D eigenvalue weighted by Gasteiger charge is -2.30. The summed E-state index contributed by atoms with van der Waals surface area (Å²) in [6.45, 7) is 1.10. The first-order chi connectivity index (χ1) is 12.9. The Balaban J connectivity index is 1.50. The van der Waals surface area contributed by atoms with Crippen LogP contribution in [0.1, 0.15) is 24.1 Å². The summed E-state index contributed by atoms with van der Waals surface area (Å²) in [6.07, 6.45) is 2.73. The van der Waals surface area contributed by atoms with Crippen LogP contribution < -0.4 is 5.32 Å². The summed E-state index contributed by atoms with van der Waals surface area (Å²) >= 11 is 5.84. The van der Waals surface area contributed by atoms with E-state index in [1.54, 1.807) is 30.5 Å². The largest absolute Gasteiger partial charge is 0.350 e. The van der Waals surface area contributed by atoms with E-state index < -0.39 is 10.0 Å². The number of hydrogen-bond acceptors (Lipinski definition) is 4. The van der Waals surface area contributed by atoms with Crippen LogP contribution in [0.15, 0.2) is 48.7 Å². The average Bonchev–Trinajstić information content (AvgIpc) is 2.69. The smallest absolute Gasteiger partial charge is 0.223 e. The van der Waals surface area contributed by atoms with Crippen molar-refractivity contribution in [3.05, 3.63) is 64.9 Å². The fraction of sp³-hybridized carbons (Fsp3) is 0.368. The van der Waals surface area contributed by atoms with Gasteiger partial charge in [-0.15, -0.1) is 0 Å². The molecule has 1 N–H and O–H groups in total. The lowest BCUT2D eigenvalue weighted by Crippen LogP contribution is -2.43. The quantitative estimate of drug-likeness (QED) is 0.798. The molecular weight excluding hydrogens is 386 g/mol. The molecule has 0 unspecified atom stereocenters. The molecule has 1 amide bonds. The van der Waals surface area contributed by atoms with Crippen molar-refractivity contribution < 1.29 is 13.2 Å². The molecule has 1 aliphatic rings. The standard InChI is InChI=1S/C19H22ClN3O3S/c20-17-6-4-15(5-7-17)14-27(25,26)23-11-8-16(9-12-23)19(24)22-13-18-3-1-2-10-21-18/h1-7,10,16H,8-9,11-14H2,(H,22,24). The molecule has 6 nitrogen and oxygen atoms in total. The SMILES string of the molecule is O=C(NCc1ccccn1)C1CCN(S(=O)(=O)Cc2ccc(Cl)cc2)CC1. The Morgan fingerprint density at radius 1 is 1.15 bits per heavy atom. The van der Waals surface area contributed by atoms with Crippen molar-refractivity contribution in [1.82, 2.24) is 14.6 Å². The molecule has 1 aliphatic heterocycles. The minimum Gasteiger partial charge on any atom is -0.350 e. The molecule has 1 aromatic carbocycles. The van der Waals surface area contributed by atoms with E-state index in [4.69, 9.17) is 11.6 Å². The Morgan fingerprint density at radius 2 is 1.85 bits per heavy atom.